The zero-order chi connectivity index (χ0) is 93.2. The predicted molar refractivity (Wildman–Crippen MR) is 469 cm³/mol. The average Bonchev–Trinajstić information content (AvgIpc) is 0.758. The molecule has 700 valence electrons. The third kappa shape index (κ3) is 21.3. The molecular formula is C94H114Cl2N8O26. The summed E-state index contributed by atoms with van der Waals surface area (Å²) >= 11 is 14.6. The van der Waals surface area contributed by atoms with E-state index in [1.807, 2.05) is 20.8 Å². The van der Waals surface area contributed by atoms with Gasteiger partial charge in [-0.05, 0) is 208 Å². The number of imide groups is 1. The fraction of sp³-hybridized carbons (Fsp3) is 0.521. The smallest absolute Gasteiger partial charge is 0.325 e. The van der Waals surface area contributed by atoms with Crippen LogP contribution in [0.1, 0.15) is 189 Å². The summed E-state index contributed by atoms with van der Waals surface area (Å²) in [5.74, 6) is -16.1. The van der Waals surface area contributed by atoms with Gasteiger partial charge in [0.15, 0.2) is 41.2 Å². The van der Waals surface area contributed by atoms with Crippen molar-refractivity contribution in [1.29, 1.82) is 0 Å². The quantitative estimate of drug-likeness (QED) is 0.0251. The molecule has 0 spiro atoms. The number of hydrogen-bond donors (Lipinski definition) is 17. The predicted octanol–water partition coefficient (Wildman–Crippen LogP) is 8.86. The number of ketones is 3. The van der Waals surface area contributed by atoms with E-state index in [0.717, 1.165) is 68.5 Å². The maximum absolute atomic E-state index is 16.9. The average molecular weight is 1840 g/mol. The molecule has 7 heterocycles. The van der Waals surface area contributed by atoms with Gasteiger partial charge in [0.1, 0.15) is 95.8 Å². The molecule has 15 bridgehead atoms. The highest BCUT2D eigenvalue weighted by Crippen LogP contribution is 2.59. The molecule has 4 aliphatic carbocycles. The fourth-order valence-electron chi connectivity index (χ4n) is 19.8. The highest BCUT2D eigenvalue weighted by Gasteiger charge is 2.53. The van der Waals surface area contributed by atoms with E-state index < -0.39 is 228 Å². The van der Waals surface area contributed by atoms with Crippen molar-refractivity contribution in [2.45, 2.75) is 229 Å². The number of halogens is 2. The van der Waals surface area contributed by atoms with Crippen molar-refractivity contribution < 1.29 is 127 Å². The summed E-state index contributed by atoms with van der Waals surface area (Å²) in [5.41, 5.74) is 4.09. The second-order valence-corrected chi connectivity index (χ2v) is 37.2. The van der Waals surface area contributed by atoms with Crippen molar-refractivity contribution in [3.8, 4) is 62.9 Å². The maximum Gasteiger partial charge on any atom is 0.325 e. The monoisotopic (exact) mass is 1840 g/mol. The number of carbonyl (C=O) groups is 9. The minimum atomic E-state index is -2.28. The fourth-order valence-corrected chi connectivity index (χ4v) is 20.3. The normalized spacial score (nSPS) is 29.8. The lowest BCUT2D eigenvalue weighted by molar-refractivity contribution is -0.333. The number of Topliss-reactive ketones (excluding diaryl/α,β-unsaturated/α-hetero) is 3. The molecule has 0 radical (unpaired) electrons. The standard InChI is InChI=1S/C94H114Cl2N8O26/c1-8-19-123-41-54-27-56(124-20-18-98-7)13-14-63(54)99-93(122)100-74(112)34-53-31-66(109)79(103-88(118)46(9-2)21-42(3)4)81(113)48-11-16-69(61(95)29-48)126-71-32-52-33-72(85(71)130-92-86(84(116)83(115)73(40-105)128-92)129-75-39-94(6,97)87(117)43(5)125-75)127-70-17-12-49(30-62(70)96)82(114)80-91(121)102-78(68(111)37-57-50-23-44-22-45(25-50)26-51(57)24-44)60-35-55(106)36-65(108)76(60)59-28-47(10-15-64(59)107)58(90(120)104-80)38-67(110)77(52)101-89(53)119/h10-17,27-30,32-33,35-36,42-46,50-51,53,57-58,73,75,77-84,86-87,92,98,105-108,113-117H,8-9,18-26,31,34,37-41,97H2,1-7H3,(H,101,119)(H,102,121)(H,103,118)(H,104,120)(H2,99,100,112,122)/t43-,44?,45?,46+,50?,51?,53-,57?,58+,73+,75-,77+,78-,79-,80-,81+,82+,83+,84-,86+,87+,92-,94-/m0/s1. The molecule has 34 nitrogen and oxygen atoms in total. The first kappa shape index (κ1) is 95.9. The zero-order valence-electron chi connectivity index (χ0n) is 73.0. The second kappa shape index (κ2) is 40.9. The summed E-state index contributed by atoms with van der Waals surface area (Å²) in [6, 6.07) is 10.6. The molecule has 18 atom stereocenters. The highest BCUT2D eigenvalue weighted by atomic mass is 35.5. The Morgan fingerprint density at radius 3 is 2.00 bits per heavy atom. The lowest BCUT2D eigenvalue weighted by atomic mass is 9.51. The van der Waals surface area contributed by atoms with Crippen molar-refractivity contribution in [3.05, 3.63) is 140 Å². The van der Waals surface area contributed by atoms with Gasteiger partial charge in [-0.1, -0.05) is 69.1 Å². The van der Waals surface area contributed by atoms with E-state index >= 15 is 28.8 Å². The Morgan fingerprint density at radius 1 is 0.700 bits per heavy atom. The van der Waals surface area contributed by atoms with Gasteiger partial charge in [-0.25, -0.2) is 4.79 Å². The second-order valence-electron chi connectivity index (χ2n) is 36.4. The van der Waals surface area contributed by atoms with Crippen molar-refractivity contribution in [2.24, 2.45) is 53.1 Å². The van der Waals surface area contributed by atoms with Crippen LogP contribution < -0.4 is 61.9 Å². The number of nitrogens with one attached hydrogen (secondary N) is 7. The molecule has 7 aliphatic heterocycles. The van der Waals surface area contributed by atoms with Crippen molar-refractivity contribution in [3.63, 3.8) is 0 Å². The van der Waals surface area contributed by atoms with Crippen LogP contribution in [-0.4, -0.2) is 199 Å². The minimum absolute atomic E-state index is 0.0280. The van der Waals surface area contributed by atoms with Gasteiger partial charge >= 0.3 is 6.03 Å². The largest absolute Gasteiger partial charge is 0.508 e. The van der Waals surface area contributed by atoms with Crippen LogP contribution in [0.25, 0.3) is 11.1 Å². The molecule has 6 aromatic rings. The van der Waals surface area contributed by atoms with Gasteiger partial charge in [0.25, 0.3) is 0 Å². The van der Waals surface area contributed by atoms with E-state index in [9.17, 15) is 60.3 Å². The Kier molecular flexibility index (Phi) is 30.2. The van der Waals surface area contributed by atoms with Gasteiger partial charge in [0.05, 0.1) is 47.3 Å². The first-order valence-electron chi connectivity index (χ1n) is 44.3. The molecule has 11 aliphatic rings. The zero-order valence-corrected chi connectivity index (χ0v) is 74.6. The molecular weight excluding hydrogens is 1730 g/mol. The maximum atomic E-state index is 16.9. The first-order chi connectivity index (χ1) is 62.0. The van der Waals surface area contributed by atoms with Crippen LogP contribution in [0.15, 0.2) is 97.1 Å². The van der Waals surface area contributed by atoms with Crippen molar-refractivity contribution >= 4 is 81.8 Å². The van der Waals surface area contributed by atoms with Crippen molar-refractivity contribution in [2.75, 3.05) is 38.7 Å². The van der Waals surface area contributed by atoms with E-state index in [1.54, 1.807) is 26.1 Å². The van der Waals surface area contributed by atoms with Crippen molar-refractivity contribution in [1.82, 2.24) is 31.9 Å². The van der Waals surface area contributed by atoms with E-state index in [1.165, 1.54) is 62.4 Å². The number of rotatable bonds is 24. The first-order valence-corrected chi connectivity index (χ1v) is 45.1. The number of fused-ring (bicyclic) bond motifs is 15. The topological polar surface area (TPSA) is 520 Å². The Morgan fingerprint density at radius 2 is 1.37 bits per heavy atom. The number of aromatic hydroxyl groups is 3. The minimum Gasteiger partial charge on any atom is -0.508 e. The summed E-state index contributed by atoms with van der Waals surface area (Å²) in [7, 11) is 1.75. The Hall–Kier alpha value is -10.2. The van der Waals surface area contributed by atoms with Crippen LogP contribution >= 0.6 is 23.2 Å². The summed E-state index contributed by atoms with van der Waals surface area (Å²) in [5, 5.41) is 126. The van der Waals surface area contributed by atoms with Gasteiger partial charge in [-0.2, -0.15) is 0 Å². The number of ether oxygens (including phenoxy) is 8. The van der Waals surface area contributed by atoms with E-state index in [-0.39, 0.29) is 117 Å². The summed E-state index contributed by atoms with van der Waals surface area (Å²) in [6.07, 6.45) is -15.2. The molecule has 0 aromatic heterocycles. The van der Waals surface area contributed by atoms with Gasteiger partial charge in [0, 0.05) is 85.2 Å². The van der Waals surface area contributed by atoms with E-state index in [2.05, 4.69) is 37.2 Å². The molecule has 0 unspecified atom stereocenters. The Bertz CT molecular complexity index is 5220. The Labute approximate surface area is 760 Å². The molecule has 7 amide bonds. The number of nitrogens with two attached hydrogens (primary N) is 1. The summed E-state index contributed by atoms with van der Waals surface area (Å²) < 4.78 is 51.1. The molecule has 4 saturated carbocycles. The van der Waals surface area contributed by atoms with Gasteiger partial charge in [-0.15, -0.1) is 0 Å². The van der Waals surface area contributed by atoms with Crippen LogP contribution in [-0.2, 0) is 63.9 Å². The third-order valence-electron chi connectivity index (χ3n) is 26.3. The number of phenols is 3. The number of urea groups is 1. The molecule has 17 rings (SSSR count). The van der Waals surface area contributed by atoms with Gasteiger partial charge in [0.2, 0.25) is 41.6 Å². The van der Waals surface area contributed by atoms with Crippen LogP contribution in [0, 0.1) is 47.3 Å². The van der Waals surface area contributed by atoms with Crippen LogP contribution in [0.3, 0.4) is 0 Å². The van der Waals surface area contributed by atoms with Gasteiger partial charge in [-0.3, -0.25) is 43.7 Å². The molecule has 2 saturated heterocycles. The highest BCUT2D eigenvalue weighted by molar-refractivity contribution is 6.32. The number of aliphatic hydroxyl groups excluding tert-OH is 6. The molecule has 6 fully saturated rings. The number of hydrogen-bond acceptors (Lipinski definition) is 28. The number of benzene rings is 6. The number of likely N-dealkylation sites (N-methyl/N-ethyl adjacent to an activating group) is 1. The van der Waals surface area contributed by atoms with E-state index in [0.29, 0.717) is 49.1 Å². The molecule has 6 aromatic carbocycles. The molecule has 130 heavy (non-hydrogen) atoms. The third-order valence-corrected chi connectivity index (χ3v) is 26.9. The van der Waals surface area contributed by atoms with Crippen LogP contribution in [0.4, 0.5) is 10.5 Å². The lowest BCUT2D eigenvalue weighted by Crippen LogP contribution is -2.64. The number of amides is 7. The Balaban J connectivity index is 0.955. The summed E-state index contributed by atoms with van der Waals surface area (Å²) in [4.78, 5) is 141. The number of carbonyl (C=O) groups excluding carboxylic acids is 9. The number of aliphatic hydroxyl groups is 6. The number of phenolic OH excluding ortho intramolecular Hbond substituents is 3. The van der Waals surface area contributed by atoms with E-state index in [4.69, 9.17) is 66.8 Å². The molecule has 36 heteroatoms. The number of anilines is 1. The van der Waals surface area contributed by atoms with Crippen LogP contribution in [0.5, 0.6) is 51.7 Å². The lowest BCUT2D eigenvalue weighted by Gasteiger charge is -2.54. The SMILES string of the molecule is CCCOCc1cc(OCCNC)ccc1NC(=O)NC(=O)C[C@@H]1CC(=O)[C@H](NC(=O)[C@H](CC)CC(C)C)[C@H](O)c2ccc(c(Cl)c2)Oc2cc3cc(c2O[C@@H]2O[C@H](CO)[C@@H](O)[C@H](O)[C@H]2O[C@H]2C[C@](C)(N)[C@H](O)[C@H](C)O2)Oc2ccc(cc2Cl)[C@@H](O)[C@@H]2NC(=O)[C@H](CC(=O)[C@@H]3NC1=O)c1ccc(O)c(c1)-c1c(O)cc(O)cc1[C@@H](C(=O)CC1C3CC4CC(C3)CC1C4)NC2=O. The van der Waals surface area contributed by atoms with Crippen LogP contribution in [0.2, 0.25) is 10.0 Å². The molecule has 18 N–H and O–H groups in total. The summed E-state index contributed by atoms with van der Waals surface area (Å²) in [6.45, 7) is 10.5. The van der Waals surface area contributed by atoms with Gasteiger partial charge < -0.3 is 121 Å².